The van der Waals surface area contributed by atoms with Crippen molar-refractivity contribution in [2.24, 2.45) is 5.14 Å². The fraction of sp³-hybridized carbons (Fsp3) is 0.500. The molecular weight excluding hydrogens is 366 g/mol. The van der Waals surface area contributed by atoms with Gasteiger partial charge < -0.3 is 10.0 Å². The second-order valence-corrected chi connectivity index (χ2v) is 6.95. The summed E-state index contributed by atoms with van der Waals surface area (Å²) in [5.41, 5.74) is -4.91. The van der Waals surface area contributed by atoms with Crippen LogP contribution in [0.4, 0.5) is 32.0 Å². The van der Waals surface area contributed by atoms with Crippen LogP contribution in [0.2, 0.25) is 0 Å². The molecule has 0 aromatic heterocycles. The van der Waals surface area contributed by atoms with Gasteiger partial charge in [0.05, 0.1) is 17.0 Å². The number of aliphatic hydroxyl groups is 1. The number of hydrogen-bond acceptors (Lipinski definition) is 4. The molecule has 1 atom stereocenters. The number of benzene rings is 1. The van der Waals surface area contributed by atoms with Crippen molar-refractivity contribution in [2.45, 2.75) is 29.3 Å². The average molecular weight is 378 g/mol. The molecular formula is C12H12F6N2O3S. The molecule has 0 amide bonds. The van der Waals surface area contributed by atoms with Crippen molar-refractivity contribution in [3.63, 3.8) is 0 Å². The monoisotopic (exact) mass is 378 g/mol. The normalized spacial score (nSPS) is 22.9. The lowest BCUT2D eigenvalue weighted by Crippen LogP contribution is -2.47. The van der Waals surface area contributed by atoms with Crippen molar-refractivity contribution < 1.29 is 39.9 Å². The Labute approximate surface area is 132 Å². The summed E-state index contributed by atoms with van der Waals surface area (Å²) in [5, 5.41) is 14.3. The van der Waals surface area contributed by atoms with Gasteiger partial charge >= 0.3 is 12.4 Å². The Kier molecular flexibility index (Phi) is 4.30. The summed E-state index contributed by atoms with van der Waals surface area (Å²) in [6, 6.07) is 1.90. The van der Waals surface area contributed by atoms with Gasteiger partial charge in [-0.3, -0.25) is 0 Å². The van der Waals surface area contributed by atoms with Gasteiger partial charge in [-0.2, -0.15) is 26.3 Å². The number of anilines is 1. The SMILES string of the molecule is NS(=O)(=O)c1ccc(N2CCC(O)(C(F)(F)F)C2)cc1C(F)(F)F. The molecule has 2 rings (SSSR count). The van der Waals surface area contributed by atoms with Crippen molar-refractivity contribution in [2.75, 3.05) is 18.0 Å². The van der Waals surface area contributed by atoms with Gasteiger partial charge in [-0.1, -0.05) is 0 Å². The third-order valence-corrected chi connectivity index (χ3v) is 4.68. The summed E-state index contributed by atoms with van der Waals surface area (Å²) in [6.45, 7) is -1.30. The molecule has 1 aromatic rings. The lowest BCUT2D eigenvalue weighted by Gasteiger charge is -2.27. The number of halogens is 6. The predicted molar refractivity (Wildman–Crippen MR) is 70.7 cm³/mol. The summed E-state index contributed by atoms with van der Waals surface area (Å²) in [4.78, 5) is -0.278. The Morgan fingerprint density at radius 1 is 1.17 bits per heavy atom. The smallest absolute Gasteiger partial charge is 0.379 e. The highest BCUT2D eigenvalue weighted by molar-refractivity contribution is 7.89. The summed E-state index contributed by atoms with van der Waals surface area (Å²) < 4.78 is 99.9. The number of primary sulfonamides is 1. The Hall–Kier alpha value is -1.53. The first-order chi connectivity index (χ1) is 10.7. The van der Waals surface area contributed by atoms with Gasteiger partial charge in [0.25, 0.3) is 0 Å². The molecule has 0 spiro atoms. The summed E-state index contributed by atoms with van der Waals surface area (Å²) in [6.07, 6.45) is -10.7. The molecule has 1 unspecified atom stereocenters. The number of nitrogens with two attached hydrogens (primary N) is 1. The van der Waals surface area contributed by atoms with Crippen LogP contribution in [0.3, 0.4) is 0 Å². The topological polar surface area (TPSA) is 83.6 Å². The van der Waals surface area contributed by atoms with E-state index in [0.29, 0.717) is 12.1 Å². The first-order valence-corrected chi connectivity index (χ1v) is 7.98. The number of rotatable bonds is 2. The molecule has 12 heteroatoms. The number of β-amino-alcohol motifs (C(OH)–C–C–N with tert-alkyl or cyclic N) is 1. The lowest BCUT2D eigenvalue weighted by atomic mass is 10.0. The summed E-state index contributed by atoms with van der Waals surface area (Å²) >= 11 is 0. The van der Waals surface area contributed by atoms with E-state index in [4.69, 9.17) is 5.14 Å². The first-order valence-electron chi connectivity index (χ1n) is 6.43. The zero-order chi connectivity index (χ0) is 18.6. The van der Waals surface area contributed by atoms with Crippen LogP contribution in [0.5, 0.6) is 0 Å². The van der Waals surface area contributed by atoms with Crippen molar-refractivity contribution in [1.29, 1.82) is 0 Å². The average Bonchev–Trinajstić information content (AvgIpc) is 2.79. The van der Waals surface area contributed by atoms with Crippen LogP contribution >= 0.6 is 0 Å². The molecule has 1 aliphatic rings. The number of sulfonamides is 1. The van der Waals surface area contributed by atoms with Gasteiger partial charge in [0, 0.05) is 18.7 Å². The molecule has 1 saturated heterocycles. The van der Waals surface area contributed by atoms with Gasteiger partial charge in [0.15, 0.2) is 5.60 Å². The minimum Gasteiger partial charge on any atom is -0.379 e. The van der Waals surface area contributed by atoms with Crippen molar-refractivity contribution in [3.05, 3.63) is 23.8 Å². The highest BCUT2D eigenvalue weighted by atomic mass is 32.2. The van der Waals surface area contributed by atoms with E-state index in [1.165, 1.54) is 0 Å². The molecule has 0 bridgehead atoms. The Bertz CT molecular complexity index is 746. The predicted octanol–water partition coefficient (Wildman–Crippen LogP) is 1.86. The van der Waals surface area contributed by atoms with Gasteiger partial charge in [-0.15, -0.1) is 0 Å². The standard InChI is InChI=1S/C12H12F6N2O3S/c13-11(14,15)8-5-7(1-2-9(8)24(19,22)23)20-4-3-10(21,6-20)12(16,17)18/h1-2,5,21H,3-4,6H2,(H2,19,22,23). The zero-order valence-electron chi connectivity index (χ0n) is 11.8. The lowest BCUT2D eigenvalue weighted by molar-refractivity contribution is -0.250. The third-order valence-electron chi connectivity index (χ3n) is 3.72. The number of alkyl halides is 6. The van der Waals surface area contributed by atoms with E-state index in [-0.39, 0.29) is 12.2 Å². The van der Waals surface area contributed by atoms with Crippen molar-refractivity contribution in [1.82, 2.24) is 0 Å². The van der Waals surface area contributed by atoms with E-state index in [0.717, 1.165) is 11.0 Å². The van der Waals surface area contributed by atoms with Gasteiger partial charge in [-0.25, -0.2) is 13.6 Å². The van der Waals surface area contributed by atoms with E-state index in [2.05, 4.69) is 0 Å². The maximum Gasteiger partial charge on any atom is 0.418 e. The molecule has 1 aliphatic heterocycles. The number of nitrogens with zero attached hydrogens (tertiary/aromatic N) is 1. The largest absolute Gasteiger partial charge is 0.418 e. The van der Waals surface area contributed by atoms with Crippen LogP contribution in [0.15, 0.2) is 23.1 Å². The first kappa shape index (κ1) is 18.8. The molecule has 24 heavy (non-hydrogen) atoms. The number of hydrogen-bond donors (Lipinski definition) is 2. The molecule has 1 fully saturated rings. The quantitative estimate of drug-likeness (QED) is 0.770. The minimum absolute atomic E-state index is 0.296. The maximum atomic E-state index is 13.0. The minimum atomic E-state index is -5.07. The second-order valence-electron chi connectivity index (χ2n) is 5.42. The third kappa shape index (κ3) is 3.44. The summed E-state index contributed by atoms with van der Waals surface area (Å²) in [7, 11) is -4.67. The van der Waals surface area contributed by atoms with Gasteiger partial charge in [0.1, 0.15) is 0 Å². The molecule has 5 nitrogen and oxygen atoms in total. The van der Waals surface area contributed by atoms with Gasteiger partial charge in [-0.05, 0) is 18.2 Å². The summed E-state index contributed by atoms with van der Waals surface area (Å²) in [5.74, 6) is 0. The molecule has 0 saturated carbocycles. The van der Waals surface area contributed by atoms with E-state index in [9.17, 15) is 39.9 Å². The zero-order valence-corrected chi connectivity index (χ0v) is 12.6. The van der Waals surface area contributed by atoms with E-state index < -0.39 is 51.4 Å². The Morgan fingerprint density at radius 3 is 2.17 bits per heavy atom. The van der Waals surface area contributed by atoms with Crippen LogP contribution in [0, 0.1) is 0 Å². The molecule has 1 heterocycles. The van der Waals surface area contributed by atoms with Crippen LogP contribution < -0.4 is 10.0 Å². The van der Waals surface area contributed by atoms with Crippen LogP contribution in [0.25, 0.3) is 0 Å². The highest BCUT2D eigenvalue weighted by Crippen LogP contribution is 2.41. The van der Waals surface area contributed by atoms with E-state index in [1.807, 2.05) is 0 Å². The molecule has 1 aromatic carbocycles. The van der Waals surface area contributed by atoms with Crippen LogP contribution in [-0.4, -0.2) is 38.4 Å². The van der Waals surface area contributed by atoms with E-state index in [1.54, 1.807) is 0 Å². The Morgan fingerprint density at radius 2 is 1.75 bits per heavy atom. The Balaban J connectivity index is 2.45. The maximum absolute atomic E-state index is 13.0. The highest BCUT2D eigenvalue weighted by Gasteiger charge is 2.57. The van der Waals surface area contributed by atoms with Crippen LogP contribution in [-0.2, 0) is 16.2 Å². The molecule has 0 radical (unpaired) electrons. The fourth-order valence-electron chi connectivity index (χ4n) is 2.43. The van der Waals surface area contributed by atoms with E-state index >= 15 is 0 Å². The molecule has 136 valence electrons. The molecule has 3 N–H and O–H groups in total. The fourth-order valence-corrected chi connectivity index (χ4v) is 3.17. The second kappa shape index (κ2) is 5.49. The van der Waals surface area contributed by atoms with Gasteiger partial charge in [0.2, 0.25) is 10.0 Å². The van der Waals surface area contributed by atoms with Crippen LogP contribution in [0.1, 0.15) is 12.0 Å². The van der Waals surface area contributed by atoms with Crippen molar-refractivity contribution in [3.8, 4) is 0 Å². The molecule has 0 aliphatic carbocycles. The van der Waals surface area contributed by atoms with Crippen molar-refractivity contribution >= 4 is 15.7 Å².